The van der Waals surface area contributed by atoms with Crippen molar-refractivity contribution in [2.45, 2.75) is 25.7 Å². The van der Waals surface area contributed by atoms with E-state index in [0.29, 0.717) is 28.3 Å². The molecule has 11 heteroatoms. The number of nitrogens with zero attached hydrogens (tertiary/aromatic N) is 4. The number of non-ortho nitro benzene ring substituents is 1. The molecular weight excluding hydrogens is 450 g/mol. The third-order valence-corrected chi connectivity index (χ3v) is 5.92. The molecule has 1 aromatic carbocycles. The summed E-state index contributed by atoms with van der Waals surface area (Å²) in [6.45, 7) is 5.01. The highest BCUT2D eigenvalue weighted by molar-refractivity contribution is 9.10. The molecule has 9 nitrogen and oxygen atoms in total. The maximum Gasteiger partial charge on any atom is 0.277 e. The van der Waals surface area contributed by atoms with Crippen LogP contribution in [0.1, 0.15) is 23.9 Å². The van der Waals surface area contributed by atoms with Crippen LogP contribution in [-0.4, -0.2) is 28.4 Å². The first-order chi connectivity index (χ1) is 13.1. The number of nitro groups is 1. The number of nitro benzene ring substituents is 1. The van der Waals surface area contributed by atoms with E-state index >= 15 is 0 Å². The fourth-order valence-corrected chi connectivity index (χ4v) is 4.26. The van der Waals surface area contributed by atoms with Gasteiger partial charge in [0.15, 0.2) is 0 Å². The Labute approximate surface area is 169 Å². The molecule has 0 aliphatic heterocycles. The van der Waals surface area contributed by atoms with Gasteiger partial charge in [0.2, 0.25) is 0 Å². The standard InChI is InChI=1S/C17H16BrN5O4S/c1-10-4-6-14(23(24)25)8-15(10)28(26,27)21-20-12(3)17-11(2)19-16-7-5-13(18)9-22(16)17/h4-9,21H,1-3H3. The summed E-state index contributed by atoms with van der Waals surface area (Å²) in [5, 5.41) is 15.0. The molecule has 0 fully saturated rings. The van der Waals surface area contributed by atoms with Crippen LogP contribution in [-0.2, 0) is 10.0 Å². The highest BCUT2D eigenvalue weighted by atomic mass is 79.9. The molecule has 146 valence electrons. The fourth-order valence-electron chi connectivity index (χ4n) is 2.79. The quantitative estimate of drug-likeness (QED) is 0.352. The lowest BCUT2D eigenvalue weighted by Gasteiger charge is -2.08. The van der Waals surface area contributed by atoms with E-state index in [4.69, 9.17) is 0 Å². The number of imidazole rings is 1. The van der Waals surface area contributed by atoms with Crippen molar-refractivity contribution in [3.8, 4) is 0 Å². The minimum atomic E-state index is -4.09. The summed E-state index contributed by atoms with van der Waals surface area (Å²) < 4.78 is 27.9. The Bertz CT molecular complexity index is 1230. The molecule has 0 atom stereocenters. The molecule has 0 amide bonds. The number of aromatic nitrogens is 2. The first-order valence-electron chi connectivity index (χ1n) is 8.06. The van der Waals surface area contributed by atoms with Crippen LogP contribution < -0.4 is 4.83 Å². The predicted octanol–water partition coefficient (Wildman–Crippen LogP) is 3.32. The molecule has 2 heterocycles. The monoisotopic (exact) mass is 465 g/mol. The first kappa shape index (κ1) is 20.0. The number of pyridine rings is 1. The van der Waals surface area contributed by atoms with Crippen molar-refractivity contribution in [1.29, 1.82) is 0 Å². The third kappa shape index (κ3) is 3.76. The molecule has 28 heavy (non-hydrogen) atoms. The largest absolute Gasteiger partial charge is 0.297 e. The van der Waals surface area contributed by atoms with Gasteiger partial charge in [-0.05, 0) is 54.4 Å². The summed E-state index contributed by atoms with van der Waals surface area (Å²) in [5.74, 6) is 0. The number of halogens is 1. The molecule has 0 spiro atoms. The number of rotatable bonds is 5. The minimum absolute atomic E-state index is 0.198. The van der Waals surface area contributed by atoms with Crippen LogP contribution in [0.25, 0.3) is 5.65 Å². The van der Waals surface area contributed by atoms with Crippen LogP contribution in [0.4, 0.5) is 5.69 Å². The van der Waals surface area contributed by atoms with Crippen LogP contribution in [0.2, 0.25) is 0 Å². The smallest absolute Gasteiger partial charge is 0.277 e. The van der Waals surface area contributed by atoms with E-state index in [0.717, 1.165) is 10.5 Å². The molecule has 3 aromatic rings. The molecule has 0 bridgehead atoms. The number of benzene rings is 1. The fraction of sp³-hybridized carbons (Fsp3) is 0.176. The summed E-state index contributed by atoms with van der Waals surface area (Å²) >= 11 is 3.40. The van der Waals surface area contributed by atoms with Gasteiger partial charge in [-0.2, -0.15) is 18.4 Å². The van der Waals surface area contributed by atoms with Gasteiger partial charge in [-0.15, -0.1) is 0 Å². The van der Waals surface area contributed by atoms with E-state index < -0.39 is 14.9 Å². The van der Waals surface area contributed by atoms with Gasteiger partial charge in [-0.3, -0.25) is 14.5 Å². The van der Waals surface area contributed by atoms with Gasteiger partial charge in [0, 0.05) is 22.8 Å². The van der Waals surface area contributed by atoms with E-state index in [1.807, 2.05) is 18.3 Å². The highest BCUT2D eigenvalue weighted by Crippen LogP contribution is 2.22. The average molecular weight is 466 g/mol. The second-order valence-corrected chi connectivity index (χ2v) is 8.67. The van der Waals surface area contributed by atoms with E-state index in [1.165, 1.54) is 12.1 Å². The van der Waals surface area contributed by atoms with Gasteiger partial charge in [0.1, 0.15) is 5.65 Å². The van der Waals surface area contributed by atoms with Crippen molar-refractivity contribution >= 4 is 43.0 Å². The maximum absolute atomic E-state index is 12.6. The number of aryl methyl sites for hydroxylation is 2. The van der Waals surface area contributed by atoms with Gasteiger partial charge in [-0.1, -0.05) is 6.07 Å². The lowest BCUT2D eigenvalue weighted by Crippen LogP contribution is -2.21. The van der Waals surface area contributed by atoms with Crippen molar-refractivity contribution in [3.63, 3.8) is 0 Å². The van der Waals surface area contributed by atoms with Gasteiger partial charge < -0.3 is 0 Å². The summed E-state index contributed by atoms with van der Waals surface area (Å²) in [5.41, 5.74) is 2.49. The zero-order valence-corrected chi connectivity index (χ0v) is 17.6. The molecule has 0 saturated carbocycles. The Morgan fingerprint density at radius 1 is 1.29 bits per heavy atom. The van der Waals surface area contributed by atoms with Crippen LogP contribution in [0, 0.1) is 24.0 Å². The first-order valence-corrected chi connectivity index (χ1v) is 10.3. The maximum atomic E-state index is 12.6. The predicted molar refractivity (Wildman–Crippen MR) is 108 cm³/mol. The van der Waals surface area contributed by atoms with Crippen molar-refractivity contribution in [2.75, 3.05) is 0 Å². The van der Waals surface area contributed by atoms with Crippen molar-refractivity contribution < 1.29 is 13.3 Å². The molecule has 0 aliphatic rings. The van der Waals surface area contributed by atoms with Gasteiger partial charge in [0.05, 0.1) is 26.9 Å². The zero-order chi connectivity index (χ0) is 20.6. The van der Waals surface area contributed by atoms with E-state index in [1.54, 1.807) is 25.2 Å². The number of hydrogen-bond acceptors (Lipinski definition) is 6. The molecular formula is C17H16BrN5O4S. The second-order valence-electron chi connectivity index (χ2n) is 6.12. The number of hydrazone groups is 1. The Morgan fingerprint density at radius 2 is 2.00 bits per heavy atom. The van der Waals surface area contributed by atoms with E-state index in [-0.39, 0.29) is 10.6 Å². The third-order valence-electron chi connectivity index (χ3n) is 4.11. The van der Waals surface area contributed by atoms with E-state index in [9.17, 15) is 18.5 Å². The Balaban J connectivity index is 2.00. The Hall–Kier alpha value is -2.79. The molecule has 0 radical (unpaired) electrons. The van der Waals surface area contributed by atoms with E-state index in [2.05, 4.69) is 30.8 Å². The van der Waals surface area contributed by atoms with Crippen molar-refractivity contribution in [2.24, 2.45) is 5.10 Å². The number of nitrogens with one attached hydrogen (secondary N) is 1. The molecule has 0 unspecified atom stereocenters. The SMILES string of the molecule is CC(=NNS(=O)(=O)c1cc([N+](=O)[O-])ccc1C)c1c(C)nc2ccc(Br)cn12. The topological polar surface area (TPSA) is 119 Å². The molecule has 1 N–H and O–H groups in total. The lowest BCUT2D eigenvalue weighted by atomic mass is 10.2. The Kier molecular flexibility index (Phi) is 5.22. The lowest BCUT2D eigenvalue weighted by molar-refractivity contribution is -0.385. The second kappa shape index (κ2) is 7.32. The molecule has 3 rings (SSSR count). The normalized spacial score (nSPS) is 12.4. The highest BCUT2D eigenvalue weighted by Gasteiger charge is 2.21. The number of fused-ring (bicyclic) bond motifs is 1. The van der Waals surface area contributed by atoms with Crippen LogP contribution in [0.5, 0.6) is 0 Å². The summed E-state index contributed by atoms with van der Waals surface area (Å²) in [6, 6.07) is 7.33. The van der Waals surface area contributed by atoms with Crippen LogP contribution >= 0.6 is 15.9 Å². The Morgan fingerprint density at radius 3 is 2.68 bits per heavy atom. The van der Waals surface area contributed by atoms with Crippen molar-refractivity contribution in [3.05, 3.63) is 68.1 Å². The summed E-state index contributed by atoms with van der Waals surface area (Å²) in [7, 11) is -4.09. The molecule has 0 saturated heterocycles. The minimum Gasteiger partial charge on any atom is -0.297 e. The average Bonchev–Trinajstić information content (AvgIpc) is 2.94. The van der Waals surface area contributed by atoms with Crippen molar-refractivity contribution in [1.82, 2.24) is 14.2 Å². The van der Waals surface area contributed by atoms with Gasteiger partial charge in [0.25, 0.3) is 15.7 Å². The number of hydrogen-bond donors (Lipinski definition) is 1. The number of sulfonamides is 1. The zero-order valence-electron chi connectivity index (χ0n) is 15.2. The molecule has 2 aromatic heterocycles. The van der Waals surface area contributed by atoms with Crippen LogP contribution in [0.3, 0.4) is 0 Å². The van der Waals surface area contributed by atoms with Gasteiger partial charge >= 0.3 is 0 Å². The molecule has 0 aliphatic carbocycles. The summed E-state index contributed by atoms with van der Waals surface area (Å²) in [6.07, 6.45) is 1.81. The van der Waals surface area contributed by atoms with Gasteiger partial charge in [-0.25, -0.2) is 4.98 Å². The summed E-state index contributed by atoms with van der Waals surface area (Å²) in [4.78, 5) is 16.7. The van der Waals surface area contributed by atoms with Crippen LogP contribution in [0.15, 0.2) is 51.0 Å².